The van der Waals surface area contributed by atoms with E-state index in [1.807, 2.05) is 38.1 Å². The molecule has 0 spiro atoms. The zero-order chi connectivity index (χ0) is 17.4. The van der Waals surface area contributed by atoms with E-state index < -0.39 is 5.97 Å². The quantitative estimate of drug-likeness (QED) is 0.748. The van der Waals surface area contributed by atoms with Crippen LogP contribution in [0.1, 0.15) is 44.0 Å². The lowest BCUT2D eigenvalue weighted by Gasteiger charge is -2.15. The van der Waals surface area contributed by atoms with E-state index in [1.54, 1.807) is 12.1 Å². The molecule has 1 aromatic carbocycles. The number of rotatable bonds is 8. The normalized spacial score (nSPS) is 11.9. The molecule has 0 aliphatic carbocycles. The van der Waals surface area contributed by atoms with Crippen molar-refractivity contribution in [3.63, 3.8) is 0 Å². The lowest BCUT2D eigenvalue weighted by Crippen LogP contribution is -2.36. The van der Waals surface area contributed by atoms with E-state index in [0.29, 0.717) is 11.5 Å². The van der Waals surface area contributed by atoms with Gasteiger partial charge in [-0.3, -0.25) is 4.79 Å². The molecule has 1 amide bonds. The van der Waals surface area contributed by atoms with Gasteiger partial charge in [0.05, 0.1) is 5.56 Å². The molecule has 1 rings (SSSR count). The van der Waals surface area contributed by atoms with Crippen LogP contribution in [-0.2, 0) is 9.53 Å². The van der Waals surface area contributed by atoms with Gasteiger partial charge in [-0.15, -0.1) is 0 Å². The number of nitrogens with one attached hydrogen (secondary N) is 1. The summed E-state index contributed by atoms with van der Waals surface area (Å²) in [7, 11) is 3.86. The monoisotopic (exact) mass is 320 g/mol. The topological polar surface area (TPSA) is 58.6 Å². The van der Waals surface area contributed by atoms with Crippen LogP contribution in [0.4, 0.5) is 5.69 Å². The van der Waals surface area contributed by atoms with E-state index in [4.69, 9.17) is 4.74 Å². The lowest BCUT2D eigenvalue weighted by atomic mass is 10.0. The predicted octanol–water partition coefficient (Wildman–Crippen LogP) is 2.85. The molecule has 0 radical (unpaired) electrons. The van der Waals surface area contributed by atoms with Gasteiger partial charge in [0.25, 0.3) is 5.91 Å². The molecule has 0 unspecified atom stereocenters. The molecule has 0 fully saturated rings. The smallest absolute Gasteiger partial charge is 0.338 e. The fraction of sp³-hybridized carbons (Fsp3) is 0.556. The first-order chi connectivity index (χ1) is 10.8. The Morgan fingerprint density at radius 3 is 2.22 bits per heavy atom. The molecule has 128 valence electrons. The number of hydrogen-bond donors (Lipinski definition) is 1. The van der Waals surface area contributed by atoms with Gasteiger partial charge >= 0.3 is 5.97 Å². The van der Waals surface area contributed by atoms with Gasteiger partial charge in [-0.25, -0.2) is 4.79 Å². The van der Waals surface area contributed by atoms with Crippen LogP contribution >= 0.6 is 0 Å². The molecule has 1 atom stereocenters. The Hall–Kier alpha value is -2.04. The molecule has 23 heavy (non-hydrogen) atoms. The highest BCUT2D eigenvalue weighted by atomic mass is 16.5. The van der Waals surface area contributed by atoms with Crippen LogP contribution in [0.5, 0.6) is 0 Å². The third-order valence-corrected chi connectivity index (χ3v) is 3.54. The summed E-state index contributed by atoms with van der Waals surface area (Å²) in [5.41, 5.74) is 1.44. The summed E-state index contributed by atoms with van der Waals surface area (Å²) < 4.78 is 5.05. The second-order valence-corrected chi connectivity index (χ2v) is 6.46. The third kappa shape index (κ3) is 7.17. The Balaban J connectivity index is 2.38. The Labute approximate surface area is 139 Å². The first kappa shape index (κ1) is 19.0. The van der Waals surface area contributed by atoms with Crippen molar-refractivity contribution in [3.8, 4) is 0 Å². The summed E-state index contributed by atoms with van der Waals surface area (Å²) in [6.45, 7) is 6.01. The highest BCUT2D eigenvalue weighted by Crippen LogP contribution is 2.13. The van der Waals surface area contributed by atoms with Crippen LogP contribution in [0.15, 0.2) is 24.3 Å². The standard InChI is InChI=1S/C18H28N2O3/c1-13(2)6-7-14(3)19-17(21)12-23-18(22)15-8-10-16(11-9-15)20(4)5/h8-11,13-14H,6-7,12H2,1-5H3,(H,19,21)/t14-/m0/s1. The minimum atomic E-state index is -0.486. The van der Waals surface area contributed by atoms with E-state index in [1.165, 1.54) is 0 Å². The average molecular weight is 320 g/mol. The molecular weight excluding hydrogens is 292 g/mol. The summed E-state index contributed by atoms with van der Waals surface area (Å²) in [5.74, 6) is -0.142. The maximum absolute atomic E-state index is 11.9. The van der Waals surface area contributed by atoms with E-state index in [-0.39, 0.29) is 18.6 Å². The molecule has 0 heterocycles. The minimum absolute atomic E-state index is 0.0861. The molecular formula is C18H28N2O3. The second kappa shape index (κ2) is 9.18. The van der Waals surface area contributed by atoms with Crippen LogP contribution in [-0.4, -0.2) is 38.6 Å². The van der Waals surface area contributed by atoms with Crippen LogP contribution in [0.25, 0.3) is 0 Å². The molecule has 0 saturated carbocycles. The number of amides is 1. The SMILES string of the molecule is CC(C)CC[C@H](C)NC(=O)COC(=O)c1ccc(N(C)C)cc1. The van der Waals surface area contributed by atoms with Crippen molar-refractivity contribution < 1.29 is 14.3 Å². The van der Waals surface area contributed by atoms with Crippen molar-refractivity contribution in [1.82, 2.24) is 5.32 Å². The summed E-state index contributed by atoms with van der Waals surface area (Å²) in [5, 5.41) is 2.84. The second-order valence-electron chi connectivity index (χ2n) is 6.46. The first-order valence-corrected chi connectivity index (χ1v) is 8.03. The number of benzene rings is 1. The van der Waals surface area contributed by atoms with Gasteiger partial charge in [0.1, 0.15) is 0 Å². The van der Waals surface area contributed by atoms with E-state index in [9.17, 15) is 9.59 Å². The van der Waals surface area contributed by atoms with Crippen molar-refractivity contribution in [1.29, 1.82) is 0 Å². The molecule has 5 heteroatoms. The summed E-state index contributed by atoms with van der Waals surface area (Å²) in [6, 6.07) is 7.15. The van der Waals surface area contributed by atoms with Crippen LogP contribution in [0, 0.1) is 5.92 Å². The number of carbonyl (C=O) groups is 2. The minimum Gasteiger partial charge on any atom is -0.452 e. The Bertz CT molecular complexity index is 510. The molecule has 0 aliphatic heterocycles. The number of anilines is 1. The van der Waals surface area contributed by atoms with Gasteiger partial charge < -0.3 is 15.0 Å². The maximum Gasteiger partial charge on any atom is 0.338 e. The molecule has 1 N–H and O–H groups in total. The van der Waals surface area contributed by atoms with Crippen molar-refractivity contribution in [2.75, 3.05) is 25.6 Å². The third-order valence-electron chi connectivity index (χ3n) is 3.54. The number of hydrogen-bond acceptors (Lipinski definition) is 4. The lowest BCUT2D eigenvalue weighted by molar-refractivity contribution is -0.124. The van der Waals surface area contributed by atoms with Gasteiger partial charge in [0.2, 0.25) is 0 Å². The highest BCUT2D eigenvalue weighted by Gasteiger charge is 2.12. The molecule has 0 aromatic heterocycles. The van der Waals surface area contributed by atoms with Crippen LogP contribution in [0.2, 0.25) is 0 Å². The van der Waals surface area contributed by atoms with E-state index in [2.05, 4.69) is 19.2 Å². The van der Waals surface area contributed by atoms with Gasteiger partial charge in [0, 0.05) is 25.8 Å². The van der Waals surface area contributed by atoms with Crippen molar-refractivity contribution in [3.05, 3.63) is 29.8 Å². The van der Waals surface area contributed by atoms with Crippen LogP contribution < -0.4 is 10.2 Å². The number of carbonyl (C=O) groups excluding carboxylic acids is 2. The molecule has 0 saturated heterocycles. The zero-order valence-electron chi connectivity index (χ0n) is 14.8. The fourth-order valence-electron chi connectivity index (χ4n) is 2.08. The van der Waals surface area contributed by atoms with Gasteiger partial charge in [-0.1, -0.05) is 13.8 Å². The Kier molecular flexibility index (Phi) is 7.59. The average Bonchev–Trinajstić information content (AvgIpc) is 2.50. The summed E-state index contributed by atoms with van der Waals surface area (Å²) in [6.07, 6.45) is 1.98. The molecule has 5 nitrogen and oxygen atoms in total. The van der Waals surface area contributed by atoms with Gasteiger partial charge in [-0.05, 0) is 49.9 Å². The predicted molar refractivity (Wildman–Crippen MR) is 92.7 cm³/mol. The molecule has 0 bridgehead atoms. The van der Waals surface area contributed by atoms with Crippen LogP contribution in [0.3, 0.4) is 0 Å². The van der Waals surface area contributed by atoms with Crippen molar-refractivity contribution in [2.45, 2.75) is 39.7 Å². The fourth-order valence-corrected chi connectivity index (χ4v) is 2.08. The zero-order valence-corrected chi connectivity index (χ0v) is 14.8. The van der Waals surface area contributed by atoms with Gasteiger partial charge in [-0.2, -0.15) is 0 Å². The van der Waals surface area contributed by atoms with E-state index >= 15 is 0 Å². The highest BCUT2D eigenvalue weighted by molar-refractivity contribution is 5.91. The number of ether oxygens (including phenoxy) is 1. The summed E-state index contributed by atoms with van der Waals surface area (Å²) in [4.78, 5) is 25.6. The van der Waals surface area contributed by atoms with Crippen molar-refractivity contribution in [2.24, 2.45) is 5.92 Å². The first-order valence-electron chi connectivity index (χ1n) is 8.03. The van der Waals surface area contributed by atoms with Gasteiger partial charge in [0.15, 0.2) is 6.61 Å². The molecule has 0 aliphatic rings. The largest absolute Gasteiger partial charge is 0.452 e. The Morgan fingerprint density at radius 1 is 1.09 bits per heavy atom. The Morgan fingerprint density at radius 2 is 1.70 bits per heavy atom. The number of esters is 1. The number of nitrogens with zero attached hydrogens (tertiary/aromatic N) is 1. The van der Waals surface area contributed by atoms with E-state index in [0.717, 1.165) is 18.5 Å². The maximum atomic E-state index is 11.9. The summed E-state index contributed by atoms with van der Waals surface area (Å²) >= 11 is 0. The van der Waals surface area contributed by atoms with Crippen molar-refractivity contribution >= 4 is 17.6 Å². The molecule has 1 aromatic rings.